The van der Waals surface area contributed by atoms with Gasteiger partial charge in [0.25, 0.3) is 0 Å². The van der Waals surface area contributed by atoms with Gasteiger partial charge in [0.05, 0.1) is 22.6 Å². The number of nitrogens with zero attached hydrogens (tertiary/aromatic N) is 3. The number of allylic oxidation sites excluding steroid dienone is 1. The summed E-state index contributed by atoms with van der Waals surface area (Å²) in [6.07, 6.45) is -0.591. The molecule has 4 rings (SSSR count). The molecule has 0 saturated heterocycles. The number of carbonyl (C=O) groups is 1. The van der Waals surface area contributed by atoms with Gasteiger partial charge in [-0.2, -0.15) is 9.78 Å². The summed E-state index contributed by atoms with van der Waals surface area (Å²) in [6, 6.07) is 13.4. The average molecular weight is 481 g/mol. The number of halogens is 1. The van der Waals surface area contributed by atoms with Crippen LogP contribution in [0.2, 0.25) is 0 Å². The highest BCUT2D eigenvalue weighted by Gasteiger charge is 2.27. The van der Waals surface area contributed by atoms with Crippen LogP contribution in [0, 0.1) is 0 Å². The number of ether oxygens (including phenoxy) is 1. The number of hydrogen-bond donors (Lipinski definition) is 1. The van der Waals surface area contributed by atoms with E-state index in [9.17, 15) is 9.59 Å². The van der Waals surface area contributed by atoms with Crippen molar-refractivity contribution in [2.45, 2.75) is 39.2 Å². The van der Waals surface area contributed by atoms with Gasteiger partial charge in [-0.1, -0.05) is 37.3 Å². The van der Waals surface area contributed by atoms with Crippen LogP contribution < -0.4 is 5.32 Å². The minimum atomic E-state index is -0.658. The lowest BCUT2D eigenvalue weighted by Crippen LogP contribution is -2.27. The Kier molecular flexibility index (Phi) is 5.29. The van der Waals surface area contributed by atoms with E-state index in [0.717, 1.165) is 5.56 Å². The van der Waals surface area contributed by atoms with E-state index in [0.29, 0.717) is 32.6 Å². The first-order valence-electron chi connectivity index (χ1n) is 9.79. The third kappa shape index (κ3) is 4.04. The minimum Gasteiger partial charge on any atom is -0.442 e. The van der Waals surface area contributed by atoms with Crippen molar-refractivity contribution in [2.24, 2.45) is 4.99 Å². The van der Waals surface area contributed by atoms with Crippen LogP contribution in [-0.2, 0) is 9.53 Å². The monoisotopic (exact) mass is 480 g/mol. The maximum absolute atomic E-state index is 12.6. The van der Waals surface area contributed by atoms with Crippen molar-refractivity contribution in [2.75, 3.05) is 5.32 Å². The molecule has 0 amide bonds. The van der Waals surface area contributed by atoms with Crippen molar-refractivity contribution in [1.82, 2.24) is 9.78 Å². The van der Waals surface area contributed by atoms with Gasteiger partial charge in [0.1, 0.15) is 15.9 Å². The van der Waals surface area contributed by atoms with E-state index in [-0.39, 0.29) is 11.6 Å². The zero-order valence-corrected chi connectivity index (χ0v) is 19.1. The third-order valence-electron chi connectivity index (χ3n) is 4.89. The first-order chi connectivity index (χ1) is 14.7. The molecule has 3 aromatic rings. The van der Waals surface area contributed by atoms with Crippen LogP contribution in [0.3, 0.4) is 0 Å². The second kappa shape index (κ2) is 7.80. The van der Waals surface area contributed by atoms with E-state index >= 15 is 0 Å². The van der Waals surface area contributed by atoms with E-state index in [1.807, 2.05) is 49.3 Å². The van der Waals surface area contributed by atoms with Crippen molar-refractivity contribution in [3.05, 3.63) is 58.3 Å². The molecule has 158 valence electrons. The predicted molar refractivity (Wildman–Crippen MR) is 124 cm³/mol. The number of fused-ring (bicyclic) bond motifs is 2. The van der Waals surface area contributed by atoms with Crippen molar-refractivity contribution < 1.29 is 14.3 Å². The summed E-state index contributed by atoms with van der Waals surface area (Å²) in [5.74, 6) is 1.86. The summed E-state index contributed by atoms with van der Waals surface area (Å²) >= 11 is 3.42. The maximum atomic E-state index is 12.6. The quantitative estimate of drug-likeness (QED) is 0.482. The Hall–Kier alpha value is -3.22. The lowest BCUT2D eigenvalue weighted by atomic mass is 9.93. The van der Waals surface area contributed by atoms with Crippen molar-refractivity contribution in [3.8, 4) is 0 Å². The summed E-state index contributed by atoms with van der Waals surface area (Å²) in [6.45, 7) is 7.37. The highest BCUT2D eigenvalue weighted by molar-refractivity contribution is 9.10. The maximum Gasteiger partial charge on any atom is 0.435 e. The van der Waals surface area contributed by atoms with Crippen molar-refractivity contribution >= 4 is 56.0 Å². The van der Waals surface area contributed by atoms with Crippen molar-refractivity contribution in [3.63, 3.8) is 0 Å². The van der Waals surface area contributed by atoms with Gasteiger partial charge in [0, 0.05) is 11.3 Å². The highest BCUT2D eigenvalue weighted by Crippen LogP contribution is 2.39. The van der Waals surface area contributed by atoms with E-state index in [1.54, 1.807) is 26.8 Å². The molecule has 0 spiro atoms. The summed E-state index contributed by atoms with van der Waals surface area (Å²) in [7, 11) is 0. The standard InChI is InChI=1S/C23H21BrN4O3/c1-13(14-8-6-5-7-9-14)20-18(12-29)25-17-11-19-15(10-16(17)26-20)21(24)27-28(19)22(30)31-23(2,3)4/h5-11,13,25H,1-4H3. The Morgan fingerprint density at radius 2 is 1.94 bits per heavy atom. The van der Waals surface area contributed by atoms with Gasteiger partial charge in [0.2, 0.25) is 0 Å². The molecule has 31 heavy (non-hydrogen) atoms. The van der Waals surface area contributed by atoms with Gasteiger partial charge in [-0.25, -0.2) is 14.6 Å². The Bertz CT molecular complexity index is 1270. The number of aliphatic imine (C=N–C) groups is 1. The fourth-order valence-corrected chi connectivity index (χ4v) is 3.90. The van der Waals surface area contributed by atoms with E-state index < -0.39 is 11.7 Å². The number of benzene rings is 2. The number of anilines is 1. The molecular weight excluding hydrogens is 460 g/mol. The number of hydrogen-bond acceptors (Lipinski definition) is 6. The molecule has 0 fully saturated rings. The number of nitrogens with one attached hydrogen (secondary N) is 1. The Labute approximate surface area is 187 Å². The molecule has 1 atom stereocenters. The molecule has 0 aliphatic carbocycles. The van der Waals surface area contributed by atoms with Gasteiger partial charge in [-0.3, -0.25) is 0 Å². The van der Waals surface area contributed by atoms with Crippen LogP contribution in [0.4, 0.5) is 16.2 Å². The fourth-order valence-electron chi connectivity index (χ4n) is 3.42. The van der Waals surface area contributed by atoms with Crippen LogP contribution in [-0.4, -0.2) is 33.1 Å². The number of aromatic nitrogens is 2. The molecule has 1 N–H and O–H groups in total. The van der Waals surface area contributed by atoms with Gasteiger partial charge in [-0.05, 0) is 54.4 Å². The molecule has 2 aromatic carbocycles. The Balaban J connectivity index is 1.82. The summed E-state index contributed by atoms with van der Waals surface area (Å²) < 4.78 is 7.15. The van der Waals surface area contributed by atoms with Gasteiger partial charge < -0.3 is 10.1 Å². The van der Waals surface area contributed by atoms with Gasteiger partial charge in [0.15, 0.2) is 5.94 Å². The number of rotatable bonds is 2. The van der Waals surface area contributed by atoms with Crippen LogP contribution in [0.25, 0.3) is 10.9 Å². The fraction of sp³-hybridized carbons (Fsp3) is 0.261. The first-order valence-corrected chi connectivity index (χ1v) is 10.6. The molecule has 8 heteroatoms. The smallest absolute Gasteiger partial charge is 0.435 e. The van der Waals surface area contributed by atoms with Crippen LogP contribution in [0.15, 0.2) is 57.8 Å². The molecule has 0 bridgehead atoms. The normalized spacial score (nSPS) is 14.4. The molecule has 0 saturated carbocycles. The average Bonchev–Trinajstić information content (AvgIpc) is 3.06. The molecule has 7 nitrogen and oxygen atoms in total. The largest absolute Gasteiger partial charge is 0.442 e. The lowest BCUT2D eigenvalue weighted by Gasteiger charge is -2.23. The molecule has 0 radical (unpaired) electrons. The van der Waals surface area contributed by atoms with Crippen LogP contribution in [0.1, 0.15) is 39.2 Å². The van der Waals surface area contributed by atoms with Gasteiger partial charge >= 0.3 is 6.09 Å². The molecule has 1 aliphatic heterocycles. The molecule has 1 aromatic heterocycles. The van der Waals surface area contributed by atoms with Gasteiger partial charge in [-0.15, -0.1) is 0 Å². The SMILES string of the molecule is CC(C1=Nc2cc3c(Br)nn(C(=O)OC(C)(C)C)c3cc2NC1=C=O)c1ccccc1. The highest BCUT2D eigenvalue weighted by atomic mass is 79.9. The summed E-state index contributed by atoms with van der Waals surface area (Å²) in [5.41, 5.74) is 3.02. The Morgan fingerprint density at radius 1 is 1.23 bits per heavy atom. The zero-order chi connectivity index (χ0) is 22.3. The third-order valence-corrected chi connectivity index (χ3v) is 5.47. The second-order valence-corrected chi connectivity index (χ2v) is 9.05. The topological polar surface area (TPSA) is 85.6 Å². The van der Waals surface area contributed by atoms with Crippen LogP contribution in [0.5, 0.6) is 0 Å². The Morgan fingerprint density at radius 3 is 2.58 bits per heavy atom. The summed E-state index contributed by atoms with van der Waals surface area (Å²) in [5, 5.41) is 8.11. The molecule has 1 aliphatic rings. The van der Waals surface area contributed by atoms with E-state index in [4.69, 9.17) is 9.73 Å². The molecule has 2 heterocycles. The predicted octanol–water partition coefficient (Wildman–Crippen LogP) is 5.60. The minimum absolute atomic E-state index is 0.109. The second-order valence-electron chi connectivity index (χ2n) is 8.30. The first kappa shape index (κ1) is 21.0. The lowest BCUT2D eigenvalue weighted by molar-refractivity contribution is 0.0522. The summed E-state index contributed by atoms with van der Waals surface area (Å²) in [4.78, 5) is 29.1. The van der Waals surface area contributed by atoms with E-state index in [2.05, 4.69) is 26.3 Å². The number of carbonyl (C=O) groups excluding carboxylic acids is 2. The van der Waals surface area contributed by atoms with E-state index in [1.165, 1.54) is 4.68 Å². The van der Waals surface area contributed by atoms with Crippen LogP contribution >= 0.6 is 15.9 Å². The zero-order valence-electron chi connectivity index (χ0n) is 17.6. The molecule has 1 unspecified atom stereocenters. The van der Waals surface area contributed by atoms with Crippen molar-refractivity contribution in [1.29, 1.82) is 0 Å². The molecular formula is C23H21BrN4O3.